The molecule has 3 rings (SSSR count). The van der Waals surface area contributed by atoms with Crippen molar-refractivity contribution in [2.45, 2.75) is 56.7 Å². The minimum absolute atomic E-state index is 0.219. The van der Waals surface area contributed by atoms with Gasteiger partial charge in [0.25, 0.3) is 0 Å². The van der Waals surface area contributed by atoms with E-state index >= 15 is 0 Å². The molecular weight excluding hydrogens is 399 g/mol. The number of benzene rings is 2. The van der Waals surface area contributed by atoms with Crippen molar-refractivity contribution < 1.29 is 29.6 Å². The highest BCUT2D eigenvalue weighted by Crippen LogP contribution is 2.34. The van der Waals surface area contributed by atoms with Crippen molar-refractivity contribution in [2.75, 3.05) is 6.61 Å². The van der Waals surface area contributed by atoms with Crippen molar-refractivity contribution in [3.05, 3.63) is 69.5 Å². The van der Waals surface area contributed by atoms with Crippen molar-refractivity contribution in [1.82, 2.24) is 0 Å². The first kappa shape index (κ1) is 22.2. The summed E-state index contributed by atoms with van der Waals surface area (Å²) in [6.45, 7) is 3.49. The molecule has 1 heterocycles. The van der Waals surface area contributed by atoms with Gasteiger partial charge >= 0.3 is 0 Å². The zero-order valence-electron chi connectivity index (χ0n) is 16.3. The number of rotatable bonds is 5. The fraction of sp³-hybridized carbons (Fsp3) is 0.455. The van der Waals surface area contributed by atoms with E-state index in [4.69, 9.17) is 16.3 Å². The number of aliphatic hydroxyl groups excluding tert-OH is 4. The highest BCUT2D eigenvalue weighted by atomic mass is 35.5. The van der Waals surface area contributed by atoms with Crippen LogP contribution in [0.15, 0.2) is 36.4 Å². The fourth-order valence-corrected chi connectivity index (χ4v) is 3.74. The van der Waals surface area contributed by atoms with Crippen molar-refractivity contribution in [3.63, 3.8) is 0 Å². The summed E-state index contributed by atoms with van der Waals surface area (Å²) in [5.74, 6) is -0.0952. The van der Waals surface area contributed by atoms with Gasteiger partial charge in [-0.05, 0) is 40.3 Å². The molecule has 1 fully saturated rings. The third kappa shape index (κ3) is 4.63. The van der Waals surface area contributed by atoms with Gasteiger partial charge in [-0.25, -0.2) is 4.39 Å². The molecule has 0 saturated carbocycles. The minimum Gasteiger partial charge on any atom is -0.394 e. The molecule has 1 aliphatic rings. The molecule has 7 heteroatoms. The highest BCUT2D eigenvalue weighted by Gasteiger charge is 2.44. The van der Waals surface area contributed by atoms with E-state index in [1.54, 1.807) is 24.3 Å². The van der Waals surface area contributed by atoms with Crippen LogP contribution in [0.2, 0.25) is 5.02 Å². The fourth-order valence-electron chi connectivity index (χ4n) is 3.56. The summed E-state index contributed by atoms with van der Waals surface area (Å²) in [6.07, 6.45) is -6.00. The second-order valence-electron chi connectivity index (χ2n) is 7.78. The van der Waals surface area contributed by atoms with Crippen LogP contribution in [0.3, 0.4) is 0 Å². The van der Waals surface area contributed by atoms with Gasteiger partial charge in [-0.1, -0.05) is 49.7 Å². The SMILES string of the molecule is CC(C)c1ccc(Cc2cc([C@@H]3OC(CO)[C@@H](O)[C@H](O)[C@H]3O)ccc2Cl)c(F)c1. The average molecular weight is 425 g/mol. The minimum atomic E-state index is -1.47. The van der Waals surface area contributed by atoms with E-state index in [0.29, 0.717) is 21.7 Å². The van der Waals surface area contributed by atoms with Gasteiger partial charge in [0, 0.05) is 11.4 Å². The quantitative estimate of drug-likeness (QED) is 0.592. The summed E-state index contributed by atoms with van der Waals surface area (Å²) in [7, 11) is 0. The van der Waals surface area contributed by atoms with Gasteiger partial charge in [0.1, 0.15) is 36.3 Å². The maximum Gasteiger partial charge on any atom is 0.127 e. The molecule has 29 heavy (non-hydrogen) atoms. The molecule has 0 bridgehead atoms. The number of ether oxygens (including phenoxy) is 1. The standard InChI is InChI=1S/C22H26ClFO5/c1-11(2)12-3-4-13(17(24)9-12)7-15-8-14(5-6-16(15)23)22-21(28)20(27)19(26)18(10-25)29-22/h3-6,8-9,11,18-22,25-28H,7,10H2,1-2H3/t18?,19-,20+,21-,22+/m1/s1. The van der Waals surface area contributed by atoms with Crippen LogP contribution < -0.4 is 0 Å². The van der Waals surface area contributed by atoms with Gasteiger partial charge in [0.2, 0.25) is 0 Å². The molecule has 0 aromatic heterocycles. The lowest BCUT2D eigenvalue weighted by Gasteiger charge is -2.40. The Morgan fingerprint density at radius 3 is 2.34 bits per heavy atom. The average Bonchev–Trinajstić information content (AvgIpc) is 2.69. The van der Waals surface area contributed by atoms with Crippen molar-refractivity contribution in [1.29, 1.82) is 0 Å². The van der Waals surface area contributed by atoms with Crippen LogP contribution >= 0.6 is 11.6 Å². The van der Waals surface area contributed by atoms with Crippen molar-refractivity contribution in [2.24, 2.45) is 0 Å². The van der Waals surface area contributed by atoms with Crippen LogP contribution in [0.4, 0.5) is 4.39 Å². The smallest absolute Gasteiger partial charge is 0.127 e. The van der Waals surface area contributed by atoms with E-state index in [0.717, 1.165) is 5.56 Å². The van der Waals surface area contributed by atoms with Crippen LogP contribution in [-0.4, -0.2) is 51.4 Å². The zero-order valence-corrected chi connectivity index (χ0v) is 17.1. The predicted octanol–water partition coefficient (Wildman–Crippen LogP) is 2.71. The van der Waals surface area contributed by atoms with E-state index in [-0.39, 0.29) is 18.2 Å². The molecule has 1 aliphatic heterocycles. The first-order valence-corrected chi connectivity index (χ1v) is 9.97. The summed E-state index contributed by atoms with van der Waals surface area (Å²) in [4.78, 5) is 0. The van der Waals surface area contributed by atoms with Crippen molar-refractivity contribution >= 4 is 11.6 Å². The molecule has 1 unspecified atom stereocenters. The van der Waals surface area contributed by atoms with Gasteiger partial charge in [-0.15, -0.1) is 0 Å². The Morgan fingerprint density at radius 1 is 1.00 bits per heavy atom. The second kappa shape index (κ2) is 9.08. The molecule has 0 amide bonds. The Morgan fingerprint density at radius 2 is 1.72 bits per heavy atom. The van der Waals surface area contributed by atoms with Gasteiger partial charge < -0.3 is 25.2 Å². The third-order valence-corrected chi connectivity index (χ3v) is 5.78. The molecule has 158 valence electrons. The van der Waals surface area contributed by atoms with E-state index in [1.807, 2.05) is 19.9 Å². The summed E-state index contributed by atoms with van der Waals surface area (Å²) >= 11 is 6.31. The number of halogens is 2. The summed E-state index contributed by atoms with van der Waals surface area (Å²) in [6, 6.07) is 10.1. The van der Waals surface area contributed by atoms with Crippen LogP contribution in [0, 0.1) is 5.82 Å². The number of hydrogen-bond donors (Lipinski definition) is 4. The molecule has 2 aromatic rings. The normalized spacial score (nSPS) is 27.4. The van der Waals surface area contributed by atoms with Crippen LogP contribution in [0.1, 0.15) is 48.1 Å². The highest BCUT2D eigenvalue weighted by molar-refractivity contribution is 6.31. The lowest BCUT2D eigenvalue weighted by Crippen LogP contribution is -2.55. The molecule has 5 nitrogen and oxygen atoms in total. The number of aliphatic hydroxyl groups is 4. The zero-order chi connectivity index (χ0) is 21.3. The molecule has 0 spiro atoms. The van der Waals surface area contributed by atoms with Gasteiger partial charge in [-0.3, -0.25) is 0 Å². The van der Waals surface area contributed by atoms with Gasteiger partial charge in [0.05, 0.1) is 6.61 Å². The topological polar surface area (TPSA) is 90.2 Å². The third-order valence-electron chi connectivity index (χ3n) is 5.42. The first-order chi connectivity index (χ1) is 13.7. The molecule has 5 atom stereocenters. The second-order valence-corrected chi connectivity index (χ2v) is 8.19. The Kier molecular flexibility index (Phi) is 6.94. The monoisotopic (exact) mass is 424 g/mol. The molecule has 1 saturated heterocycles. The van der Waals surface area contributed by atoms with Crippen molar-refractivity contribution in [3.8, 4) is 0 Å². The van der Waals surface area contributed by atoms with Crippen LogP contribution in [0.25, 0.3) is 0 Å². The molecule has 4 N–H and O–H groups in total. The largest absolute Gasteiger partial charge is 0.394 e. The molecular formula is C22H26ClFO5. The van der Waals surface area contributed by atoms with E-state index < -0.39 is 37.1 Å². The summed E-state index contributed by atoms with van der Waals surface area (Å²) < 4.78 is 20.1. The maximum absolute atomic E-state index is 14.5. The van der Waals surface area contributed by atoms with E-state index in [2.05, 4.69) is 0 Å². The lowest BCUT2D eigenvalue weighted by atomic mass is 9.90. The molecule has 0 radical (unpaired) electrons. The number of hydrogen-bond acceptors (Lipinski definition) is 5. The molecule has 0 aliphatic carbocycles. The Balaban J connectivity index is 1.89. The van der Waals surface area contributed by atoms with Gasteiger partial charge in [0.15, 0.2) is 0 Å². The maximum atomic E-state index is 14.5. The molecule has 2 aromatic carbocycles. The predicted molar refractivity (Wildman–Crippen MR) is 107 cm³/mol. The lowest BCUT2D eigenvalue weighted by molar-refractivity contribution is -0.231. The Labute approximate surface area is 174 Å². The Bertz CT molecular complexity index is 857. The van der Waals surface area contributed by atoms with E-state index in [1.165, 1.54) is 6.07 Å². The van der Waals surface area contributed by atoms with Crippen LogP contribution in [0.5, 0.6) is 0 Å². The van der Waals surface area contributed by atoms with Gasteiger partial charge in [-0.2, -0.15) is 0 Å². The van der Waals surface area contributed by atoms with E-state index in [9.17, 15) is 24.8 Å². The summed E-state index contributed by atoms with van der Waals surface area (Å²) in [5, 5.41) is 40.1. The first-order valence-electron chi connectivity index (χ1n) is 9.60. The Hall–Kier alpha value is -1.54. The summed E-state index contributed by atoms with van der Waals surface area (Å²) in [5.41, 5.74) is 2.55. The van der Waals surface area contributed by atoms with Crippen LogP contribution in [-0.2, 0) is 11.2 Å².